The zero-order valence-electron chi connectivity index (χ0n) is 8.29. The molecule has 0 fully saturated rings. The molecule has 0 aliphatic heterocycles. The molecule has 2 rings (SSSR count). The Morgan fingerprint density at radius 3 is 2.69 bits per heavy atom. The number of fused-ring (bicyclic) bond motifs is 1. The van der Waals surface area contributed by atoms with Gasteiger partial charge in [0.1, 0.15) is 5.75 Å². The van der Waals surface area contributed by atoms with E-state index in [1.165, 1.54) is 6.07 Å². The van der Waals surface area contributed by atoms with E-state index in [1.54, 1.807) is 24.3 Å². The van der Waals surface area contributed by atoms with Crippen LogP contribution in [0, 0.1) is 0 Å². The Morgan fingerprint density at radius 1 is 1.38 bits per heavy atom. The first-order valence-electron chi connectivity index (χ1n) is 4.61. The SMILES string of the molecule is NC1(S(=O)(=O)O)CC=Cc2cccc(O)c21. The molecule has 0 radical (unpaired) electrons. The fourth-order valence-electron chi connectivity index (χ4n) is 1.85. The molecule has 0 bridgehead atoms. The van der Waals surface area contributed by atoms with Gasteiger partial charge in [-0.25, -0.2) is 0 Å². The van der Waals surface area contributed by atoms with Crippen LogP contribution >= 0.6 is 0 Å². The first-order valence-corrected chi connectivity index (χ1v) is 6.05. The van der Waals surface area contributed by atoms with Crippen molar-refractivity contribution in [2.24, 2.45) is 5.73 Å². The summed E-state index contributed by atoms with van der Waals surface area (Å²) in [4.78, 5) is -1.97. The van der Waals surface area contributed by atoms with Gasteiger partial charge in [0.25, 0.3) is 10.1 Å². The van der Waals surface area contributed by atoms with Crippen molar-refractivity contribution >= 4 is 16.2 Å². The number of rotatable bonds is 1. The summed E-state index contributed by atoms with van der Waals surface area (Å²) in [5.41, 5.74) is 6.23. The molecule has 0 saturated carbocycles. The minimum atomic E-state index is -4.49. The van der Waals surface area contributed by atoms with Gasteiger partial charge in [-0.1, -0.05) is 24.3 Å². The van der Waals surface area contributed by atoms with E-state index in [-0.39, 0.29) is 17.7 Å². The van der Waals surface area contributed by atoms with Gasteiger partial charge in [-0.05, 0) is 11.6 Å². The van der Waals surface area contributed by atoms with Crippen molar-refractivity contribution in [3.63, 3.8) is 0 Å². The smallest absolute Gasteiger partial charge is 0.288 e. The number of phenols is 1. The number of benzene rings is 1. The minimum Gasteiger partial charge on any atom is -0.508 e. The van der Waals surface area contributed by atoms with Crippen molar-refractivity contribution in [3.8, 4) is 5.75 Å². The molecule has 1 aliphatic rings. The van der Waals surface area contributed by atoms with Gasteiger partial charge in [0.15, 0.2) is 4.87 Å². The van der Waals surface area contributed by atoms with Crippen molar-refractivity contribution in [1.82, 2.24) is 0 Å². The lowest BCUT2D eigenvalue weighted by Crippen LogP contribution is -2.45. The molecule has 0 heterocycles. The molecule has 0 saturated heterocycles. The second-order valence-corrected chi connectivity index (χ2v) is 5.39. The van der Waals surface area contributed by atoms with Gasteiger partial charge in [-0.15, -0.1) is 0 Å². The van der Waals surface area contributed by atoms with Crippen LogP contribution in [-0.4, -0.2) is 18.1 Å². The Kier molecular flexibility index (Phi) is 2.30. The Labute approximate surface area is 93.0 Å². The van der Waals surface area contributed by atoms with Gasteiger partial charge >= 0.3 is 0 Å². The number of hydrogen-bond acceptors (Lipinski definition) is 4. The first kappa shape index (κ1) is 11.1. The molecule has 6 heteroatoms. The van der Waals surface area contributed by atoms with Gasteiger partial charge in [0.2, 0.25) is 0 Å². The zero-order chi connectivity index (χ0) is 12.0. The van der Waals surface area contributed by atoms with Crippen LogP contribution in [0.15, 0.2) is 24.3 Å². The molecule has 5 nitrogen and oxygen atoms in total. The Balaban J connectivity index is 2.79. The summed E-state index contributed by atoms with van der Waals surface area (Å²) in [7, 11) is -4.49. The fourth-order valence-corrected chi connectivity index (χ4v) is 2.64. The highest BCUT2D eigenvalue weighted by molar-refractivity contribution is 7.86. The highest BCUT2D eigenvalue weighted by Gasteiger charge is 2.44. The highest BCUT2D eigenvalue weighted by Crippen LogP contribution is 2.40. The summed E-state index contributed by atoms with van der Waals surface area (Å²) >= 11 is 0. The summed E-state index contributed by atoms with van der Waals surface area (Å²) in [6.07, 6.45) is 3.14. The monoisotopic (exact) mass is 241 g/mol. The fraction of sp³-hybridized carbons (Fsp3) is 0.200. The predicted octanol–water partition coefficient (Wildman–Crippen LogP) is 0.808. The molecule has 86 valence electrons. The Bertz CT molecular complexity index is 564. The van der Waals surface area contributed by atoms with Crippen molar-refractivity contribution < 1.29 is 18.1 Å². The molecular formula is C10H11NO4S. The van der Waals surface area contributed by atoms with E-state index in [1.807, 2.05) is 0 Å². The molecule has 0 spiro atoms. The lowest BCUT2D eigenvalue weighted by Gasteiger charge is -2.30. The molecule has 1 unspecified atom stereocenters. The van der Waals surface area contributed by atoms with E-state index >= 15 is 0 Å². The van der Waals surface area contributed by atoms with Crippen LogP contribution in [0.4, 0.5) is 0 Å². The van der Waals surface area contributed by atoms with Gasteiger partial charge in [0.05, 0.1) is 0 Å². The summed E-state index contributed by atoms with van der Waals surface area (Å²) < 4.78 is 31.8. The largest absolute Gasteiger partial charge is 0.508 e. The molecule has 1 aromatic carbocycles. The molecule has 4 N–H and O–H groups in total. The summed E-state index contributed by atoms with van der Waals surface area (Å²) in [6.45, 7) is 0. The molecular weight excluding hydrogens is 230 g/mol. The van der Waals surface area contributed by atoms with E-state index in [4.69, 9.17) is 5.73 Å². The first-order chi connectivity index (χ1) is 7.36. The van der Waals surface area contributed by atoms with Crippen molar-refractivity contribution in [2.45, 2.75) is 11.3 Å². The summed E-state index contributed by atoms with van der Waals surface area (Å²) in [5.74, 6) is -0.234. The number of hydrogen-bond donors (Lipinski definition) is 3. The maximum atomic E-state index is 11.3. The Hall–Kier alpha value is -1.37. The molecule has 1 atom stereocenters. The third-order valence-corrected chi connectivity index (χ3v) is 3.97. The van der Waals surface area contributed by atoms with E-state index in [0.29, 0.717) is 5.56 Å². The van der Waals surface area contributed by atoms with E-state index in [2.05, 4.69) is 0 Å². The number of nitrogens with two attached hydrogens (primary N) is 1. The van der Waals surface area contributed by atoms with Crippen LogP contribution < -0.4 is 5.73 Å². The molecule has 1 aromatic rings. The van der Waals surface area contributed by atoms with Crippen molar-refractivity contribution in [1.29, 1.82) is 0 Å². The average Bonchev–Trinajstić information content (AvgIpc) is 2.16. The minimum absolute atomic E-state index is 0.0417. The maximum absolute atomic E-state index is 11.3. The third-order valence-electron chi connectivity index (χ3n) is 2.68. The van der Waals surface area contributed by atoms with E-state index in [9.17, 15) is 18.1 Å². The predicted molar refractivity (Wildman–Crippen MR) is 59.2 cm³/mol. The van der Waals surface area contributed by atoms with Crippen molar-refractivity contribution in [3.05, 3.63) is 35.4 Å². The lowest BCUT2D eigenvalue weighted by molar-refractivity contribution is 0.409. The summed E-state index contributed by atoms with van der Waals surface area (Å²) in [5, 5.41) is 9.67. The third kappa shape index (κ3) is 1.42. The lowest BCUT2D eigenvalue weighted by atomic mass is 9.92. The van der Waals surface area contributed by atoms with E-state index in [0.717, 1.165) is 0 Å². The topological polar surface area (TPSA) is 101 Å². The van der Waals surface area contributed by atoms with Crippen LogP contribution in [-0.2, 0) is 15.0 Å². The maximum Gasteiger partial charge on any atom is 0.288 e. The van der Waals surface area contributed by atoms with Gasteiger partial charge in [-0.3, -0.25) is 4.55 Å². The summed E-state index contributed by atoms with van der Waals surface area (Å²) in [6, 6.07) is 4.54. The molecule has 16 heavy (non-hydrogen) atoms. The van der Waals surface area contributed by atoms with Gasteiger partial charge < -0.3 is 10.8 Å². The standard InChI is InChI=1S/C10H11NO4S/c11-10(16(13,14)15)6-2-4-7-3-1-5-8(12)9(7)10/h1-5,12H,6,11H2,(H,13,14,15). The van der Waals surface area contributed by atoms with Gasteiger partial charge in [-0.2, -0.15) is 8.42 Å². The van der Waals surface area contributed by atoms with Crippen LogP contribution in [0.25, 0.3) is 6.08 Å². The van der Waals surface area contributed by atoms with Crippen molar-refractivity contribution in [2.75, 3.05) is 0 Å². The molecule has 1 aliphatic carbocycles. The average molecular weight is 241 g/mol. The van der Waals surface area contributed by atoms with E-state index < -0.39 is 15.0 Å². The second-order valence-electron chi connectivity index (χ2n) is 3.71. The normalized spacial score (nSPS) is 24.1. The quantitative estimate of drug-likeness (QED) is 0.631. The zero-order valence-corrected chi connectivity index (χ0v) is 9.11. The molecule has 0 amide bonds. The van der Waals surface area contributed by atoms with Gasteiger partial charge in [0, 0.05) is 12.0 Å². The number of aromatic hydroxyl groups is 1. The number of phenolic OH excluding ortho intramolecular Hbond substituents is 1. The Morgan fingerprint density at radius 2 is 2.06 bits per heavy atom. The highest BCUT2D eigenvalue weighted by atomic mass is 32.2. The van der Waals surface area contributed by atoms with Crippen LogP contribution in [0.3, 0.4) is 0 Å². The van der Waals surface area contributed by atoms with Crippen LogP contribution in [0.2, 0.25) is 0 Å². The van der Waals surface area contributed by atoms with Crippen LogP contribution in [0.1, 0.15) is 17.5 Å². The molecule has 0 aromatic heterocycles. The second kappa shape index (κ2) is 3.31. The van der Waals surface area contributed by atoms with Crippen LogP contribution in [0.5, 0.6) is 5.75 Å².